The van der Waals surface area contributed by atoms with Gasteiger partial charge in [0.05, 0.1) is 15.5 Å². The van der Waals surface area contributed by atoms with Crippen LogP contribution in [0.25, 0.3) is 11.0 Å². The number of hydrogen-bond acceptors (Lipinski definition) is 3. The summed E-state index contributed by atoms with van der Waals surface area (Å²) in [7, 11) is -3.32. The molecule has 1 aromatic heterocycles. The molecular formula is C11H12BrFN2O2S. The van der Waals surface area contributed by atoms with Gasteiger partial charge in [-0.15, -0.1) is 0 Å². The lowest BCUT2D eigenvalue weighted by molar-refractivity contribution is 0.553. The Morgan fingerprint density at radius 2 is 2.00 bits per heavy atom. The van der Waals surface area contributed by atoms with Crippen molar-refractivity contribution >= 4 is 36.8 Å². The van der Waals surface area contributed by atoms with Gasteiger partial charge in [0.2, 0.25) is 0 Å². The van der Waals surface area contributed by atoms with Crippen molar-refractivity contribution in [2.75, 3.05) is 6.26 Å². The standard InChI is InChI=1S/C11H12BrFN2O2S/c1-11(2,18(3,16)17)10-14-8-4-6(12)7(13)5-9(8)15-10/h4-5H,1-3H3,(H,14,15). The quantitative estimate of drug-likeness (QED) is 0.918. The maximum absolute atomic E-state index is 13.4. The zero-order valence-electron chi connectivity index (χ0n) is 10.1. The van der Waals surface area contributed by atoms with E-state index in [1.54, 1.807) is 13.8 Å². The van der Waals surface area contributed by atoms with Gasteiger partial charge in [-0.05, 0) is 35.8 Å². The van der Waals surface area contributed by atoms with Gasteiger partial charge in [0.1, 0.15) is 16.4 Å². The fourth-order valence-corrected chi connectivity index (χ4v) is 2.24. The highest BCUT2D eigenvalue weighted by molar-refractivity contribution is 9.10. The number of halogens is 2. The molecule has 0 amide bonds. The second kappa shape index (κ2) is 4.03. The van der Waals surface area contributed by atoms with Crippen molar-refractivity contribution in [2.45, 2.75) is 18.6 Å². The highest BCUT2D eigenvalue weighted by Gasteiger charge is 2.35. The topological polar surface area (TPSA) is 62.8 Å². The summed E-state index contributed by atoms with van der Waals surface area (Å²) < 4.78 is 36.0. The first-order chi connectivity index (χ1) is 8.13. The van der Waals surface area contributed by atoms with Gasteiger partial charge in [-0.3, -0.25) is 0 Å². The van der Waals surface area contributed by atoms with Gasteiger partial charge in [0, 0.05) is 12.3 Å². The maximum atomic E-state index is 13.4. The van der Waals surface area contributed by atoms with Crippen LogP contribution in [0.1, 0.15) is 19.7 Å². The fourth-order valence-electron chi connectivity index (χ4n) is 1.47. The number of nitrogens with one attached hydrogen (secondary N) is 1. The Morgan fingerprint density at radius 3 is 2.56 bits per heavy atom. The van der Waals surface area contributed by atoms with Gasteiger partial charge in [-0.25, -0.2) is 17.8 Å². The summed E-state index contributed by atoms with van der Waals surface area (Å²) in [5.74, 6) is -0.118. The Kier molecular flexibility index (Phi) is 3.02. The molecule has 1 aromatic carbocycles. The summed E-state index contributed by atoms with van der Waals surface area (Å²) in [6.45, 7) is 3.12. The molecule has 2 aromatic rings. The summed E-state index contributed by atoms with van der Waals surface area (Å²) in [4.78, 5) is 7.08. The lowest BCUT2D eigenvalue weighted by Gasteiger charge is -2.19. The van der Waals surface area contributed by atoms with Crippen LogP contribution in [0.2, 0.25) is 0 Å². The molecule has 0 saturated heterocycles. The summed E-state index contributed by atoms with van der Waals surface area (Å²) in [5, 5.41) is 0. The van der Waals surface area contributed by atoms with E-state index in [2.05, 4.69) is 25.9 Å². The minimum atomic E-state index is -3.32. The largest absolute Gasteiger partial charge is 0.341 e. The van der Waals surface area contributed by atoms with Crippen molar-refractivity contribution < 1.29 is 12.8 Å². The van der Waals surface area contributed by atoms with Gasteiger partial charge in [-0.1, -0.05) is 0 Å². The van der Waals surface area contributed by atoms with Gasteiger partial charge < -0.3 is 4.98 Å². The van der Waals surface area contributed by atoms with Crippen LogP contribution in [-0.2, 0) is 14.6 Å². The van der Waals surface area contributed by atoms with Gasteiger partial charge in [-0.2, -0.15) is 0 Å². The molecule has 0 atom stereocenters. The Labute approximate surface area is 113 Å². The number of sulfone groups is 1. The van der Waals surface area contributed by atoms with E-state index < -0.39 is 20.4 Å². The van der Waals surface area contributed by atoms with E-state index in [1.807, 2.05) is 0 Å². The van der Waals surface area contributed by atoms with Crippen LogP contribution >= 0.6 is 15.9 Å². The summed E-state index contributed by atoms with van der Waals surface area (Å²) in [5.41, 5.74) is 0.998. The average molecular weight is 335 g/mol. The Balaban J connectivity index is 2.68. The molecular weight excluding hydrogens is 323 g/mol. The minimum absolute atomic E-state index is 0.296. The number of nitrogens with zero attached hydrogens (tertiary/aromatic N) is 1. The first kappa shape index (κ1) is 13.5. The normalized spacial score (nSPS) is 13.2. The molecule has 0 fully saturated rings. The molecule has 98 valence electrons. The second-order valence-electron chi connectivity index (χ2n) is 4.65. The zero-order chi connectivity index (χ0) is 13.7. The minimum Gasteiger partial charge on any atom is -0.341 e. The molecule has 0 radical (unpaired) electrons. The van der Waals surface area contributed by atoms with Crippen molar-refractivity contribution in [2.24, 2.45) is 0 Å². The van der Waals surface area contributed by atoms with Crippen LogP contribution in [0.4, 0.5) is 4.39 Å². The molecule has 0 bridgehead atoms. The Hall–Kier alpha value is -0.950. The van der Waals surface area contributed by atoms with Gasteiger partial charge in [0.25, 0.3) is 0 Å². The summed E-state index contributed by atoms with van der Waals surface area (Å²) in [6.07, 6.45) is 1.15. The molecule has 1 heterocycles. The SMILES string of the molecule is CC(C)(c1nc2cc(Br)c(F)cc2[nH]1)S(C)(=O)=O. The molecule has 4 nitrogen and oxygen atoms in total. The number of rotatable bonds is 2. The number of aromatic nitrogens is 2. The van der Waals surface area contributed by atoms with Crippen LogP contribution in [0.15, 0.2) is 16.6 Å². The first-order valence-corrected chi connectivity index (χ1v) is 7.86. The van der Waals surface area contributed by atoms with Crippen molar-refractivity contribution in [3.8, 4) is 0 Å². The van der Waals surface area contributed by atoms with Crippen LogP contribution < -0.4 is 0 Å². The predicted octanol–water partition coefficient (Wildman–Crippen LogP) is 2.74. The number of H-pyrrole nitrogens is 1. The van der Waals surface area contributed by atoms with E-state index >= 15 is 0 Å². The molecule has 0 aliphatic carbocycles. The third kappa shape index (κ3) is 2.05. The highest BCUT2D eigenvalue weighted by atomic mass is 79.9. The molecule has 2 rings (SSSR count). The van der Waals surface area contributed by atoms with E-state index in [9.17, 15) is 12.8 Å². The third-order valence-corrected chi connectivity index (χ3v) is 5.68. The lowest BCUT2D eigenvalue weighted by atomic mass is 10.2. The van der Waals surface area contributed by atoms with Crippen LogP contribution in [0.3, 0.4) is 0 Å². The van der Waals surface area contributed by atoms with Crippen molar-refractivity contribution in [1.82, 2.24) is 9.97 Å². The first-order valence-electron chi connectivity index (χ1n) is 5.18. The molecule has 1 N–H and O–H groups in total. The van der Waals surface area contributed by atoms with E-state index in [0.29, 0.717) is 21.3 Å². The molecule has 0 unspecified atom stereocenters. The summed E-state index contributed by atoms with van der Waals surface area (Å²) in [6, 6.07) is 2.80. The fraction of sp³-hybridized carbons (Fsp3) is 0.364. The monoisotopic (exact) mass is 334 g/mol. The van der Waals surface area contributed by atoms with Crippen LogP contribution in [0.5, 0.6) is 0 Å². The van der Waals surface area contributed by atoms with Gasteiger partial charge in [0.15, 0.2) is 9.84 Å². The zero-order valence-corrected chi connectivity index (χ0v) is 12.5. The number of hydrogen-bond donors (Lipinski definition) is 1. The molecule has 0 aliphatic rings. The van der Waals surface area contributed by atoms with Crippen LogP contribution in [0, 0.1) is 5.82 Å². The van der Waals surface area contributed by atoms with E-state index in [0.717, 1.165) is 6.26 Å². The van der Waals surface area contributed by atoms with Crippen LogP contribution in [-0.4, -0.2) is 24.6 Å². The second-order valence-corrected chi connectivity index (χ2v) is 8.07. The lowest BCUT2D eigenvalue weighted by Crippen LogP contribution is -2.29. The number of fused-ring (bicyclic) bond motifs is 1. The smallest absolute Gasteiger partial charge is 0.159 e. The molecule has 0 saturated carbocycles. The van der Waals surface area contributed by atoms with Crippen molar-refractivity contribution in [3.63, 3.8) is 0 Å². The van der Waals surface area contributed by atoms with Gasteiger partial charge >= 0.3 is 0 Å². The molecule has 7 heteroatoms. The number of aromatic amines is 1. The summed E-state index contributed by atoms with van der Waals surface area (Å²) >= 11 is 3.07. The number of benzene rings is 1. The van der Waals surface area contributed by atoms with E-state index in [1.165, 1.54) is 12.1 Å². The Morgan fingerprint density at radius 1 is 1.39 bits per heavy atom. The molecule has 0 spiro atoms. The average Bonchev–Trinajstić information content (AvgIpc) is 2.60. The third-order valence-electron chi connectivity index (χ3n) is 3.02. The highest BCUT2D eigenvalue weighted by Crippen LogP contribution is 2.30. The van der Waals surface area contributed by atoms with E-state index in [-0.39, 0.29) is 0 Å². The molecule has 0 aliphatic heterocycles. The Bertz CT molecular complexity index is 683. The maximum Gasteiger partial charge on any atom is 0.159 e. The van der Waals surface area contributed by atoms with E-state index in [4.69, 9.17) is 0 Å². The van der Waals surface area contributed by atoms with Crippen molar-refractivity contribution in [1.29, 1.82) is 0 Å². The molecule has 18 heavy (non-hydrogen) atoms. The number of imidazole rings is 1. The predicted molar refractivity (Wildman–Crippen MR) is 71.6 cm³/mol. The van der Waals surface area contributed by atoms with Crippen molar-refractivity contribution in [3.05, 3.63) is 28.2 Å².